The van der Waals surface area contributed by atoms with E-state index in [4.69, 9.17) is 0 Å². The van der Waals surface area contributed by atoms with E-state index in [9.17, 15) is 14.9 Å². The zero-order valence-corrected chi connectivity index (χ0v) is 10.2. The Hall–Kier alpha value is -1.98. The SMILES string of the molecule is Cc1cc([N+](=O)[O-])cnc1N1CCCCC1C=O. The van der Waals surface area contributed by atoms with Crippen molar-refractivity contribution in [3.8, 4) is 0 Å². The van der Waals surface area contributed by atoms with Crippen molar-refractivity contribution in [1.29, 1.82) is 0 Å². The number of aryl methyl sites for hydroxylation is 1. The molecule has 6 heteroatoms. The van der Waals surface area contributed by atoms with Crippen molar-refractivity contribution in [3.05, 3.63) is 27.9 Å². The largest absolute Gasteiger partial charge is 0.347 e. The van der Waals surface area contributed by atoms with Crippen LogP contribution in [-0.2, 0) is 4.79 Å². The van der Waals surface area contributed by atoms with Crippen LogP contribution in [0, 0.1) is 17.0 Å². The summed E-state index contributed by atoms with van der Waals surface area (Å²) < 4.78 is 0. The highest BCUT2D eigenvalue weighted by molar-refractivity contribution is 5.66. The summed E-state index contributed by atoms with van der Waals surface area (Å²) in [5.74, 6) is 0.678. The molecule has 0 aromatic carbocycles. The van der Waals surface area contributed by atoms with Gasteiger partial charge in [-0.05, 0) is 31.7 Å². The van der Waals surface area contributed by atoms with Crippen LogP contribution in [-0.4, -0.2) is 28.8 Å². The maximum Gasteiger partial charge on any atom is 0.287 e. The average molecular weight is 249 g/mol. The van der Waals surface area contributed by atoms with E-state index in [1.165, 1.54) is 12.3 Å². The van der Waals surface area contributed by atoms with Crippen molar-refractivity contribution in [2.24, 2.45) is 0 Å². The lowest BCUT2D eigenvalue weighted by Crippen LogP contribution is -2.41. The third-order valence-electron chi connectivity index (χ3n) is 3.23. The van der Waals surface area contributed by atoms with Gasteiger partial charge in [-0.3, -0.25) is 10.1 Å². The summed E-state index contributed by atoms with van der Waals surface area (Å²) in [7, 11) is 0. The number of pyridine rings is 1. The van der Waals surface area contributed by atoms with Crippen molar-refractivity contribution in [1.82, 2.24) is 4.98 Å². The van der Waals surface area contributed by atoms with Gasteiger partial charge in [0.05, 0.1) is 11.0 Å². The second kappa shape index (κ2) is 5.12. The van der Waals surface area contributed by atoms with Crippen LogP contribution in [0.3, 0.4) is 0 Å². The summed E-state index contributed by atoms with van der Waals surface area (Å²) >= 11 is 0. The van der Waals surface area contributed by atoms with Crippen LogP contribution in [0.5, 0.6) is 0 Å². The van der Waals surface area contributed by atoms with Crippen LogP contribution in [0.25, 0.3) is 0 Å². The van der Waals surface area contributed by atoms with Crippen molar-refractivity contribution < 1.29 is 9.72 Å². The van der Waals surface area contributed by atoms with Crippen LogP contribution in [0.4, 0.5) is 11.5 Å². The summed E-state index contributed by atoms with van der Waals surface area (Å²) in [5, 5.41) is 10.7. The van der Waals surface area contributed by atoms with Gasteiger partial charge >= 0.3 is 0 Å². The van der Waals surface area contributed by atoms with Crippen molar-refractivity contribution in [3.63, 3.8) is 0 Å². The molecular weight excluding hydrogens is 234 g/mol. The Morgan fingerprint density at radius 1 is 1.56 bits per heavy atom. The van der Waals surface area contributed by atoms with Gasteiger partial charge in [0.15, 0.2) is 0 Å². The van der Waals surface area contributed by atoms with Crippen molar-refractivity contribution in [2.45, 2.75) is 32.2 Å². The van der Waals surface area contributed by atoms with E-state index >= 15 is 0 Å². The van der Waals surface area contributed by atoms with Gasteiger partial charge in [0, 0.05) is 12.6 Å². The van der Waals surface area contributed by atoms with E-state index in [-0.39, 0.29) is 11.7 Å². The summed E-state index contributed by atoms with van der Waals surface area (Å²) in [4.78, 5) is 27.3. The summed E-state index contributed by atoms with van der Waals surface area (Å²) in [6, 6.07) is 1.34. The van der Waals surface area contributed by atoms with Crippen LogP contribution in [0.15, 0.2) is 12.3 Å². The van der Waals surface area contributed by atoms with Gasteiger partial charge in [-0.25, -0.2) is 4.98 Å². The Morgan fingerprint density at radius 2 is 2.33 bits per heavy atom. The Kier molecular flexibility index (Phi) is 3.55. The molecule has 1 fully saturated rings. The molecule has 1 aliphatic rings. The average Bonchev–Trinajstić information content (AvgIpc) is 2.38. The van der Waals surface area contributed by atoms with Gasteiger partial charge in [0.2, 0.25) is 0 Å². The third-order valence-corrected chi connectivity index (χ3v) is 3.23. The number of rotatable bonds is 3. The van der Waals surface area contributed by atoms with Crippen LogP contribution >= 0.6 is 0 Å². The molecule has 0 amide bonds. The lowest BCUT2D eigenvalue weighted by Gasteiger charge is -2.34. The second-order valence-electron chi connectivity index (χ2n) is 4.48. The second-order valence-corrected chi connectivity index (χ2v) is 4.48. The highest BCUT2D eigenvalue weighted by Gasteiger charge is 2.25. The predicted octanol–water partition coefficient (Wildman–Crippen LogP) is 1.86. The standard InChI is InChI=1S/C12H15N3O3/c1-9-6-11(15(17)18)7-13-12(9)14-5-3-2-4-10(14)8-16/h6-8,10H,2-5H2,1H3. The minimum absolute atomic E-state index is 0.0177. The Labute approximate surface area is 105 Å². The zero-order valence-electron chi connectivity index (χ0n) is 10.2. The monoisotopic (exact) mass is 249 g/mol. The first-order chi connectivity index (χ1) is 8.63. The summed E-state index contributed by atoms with van der Waals surface area (Å²) in [6.07, 6.45) is 5.05. The van der Waals surface area contributed by atoms with Crippen molar-refractivity contribution in [2.75, 3.05) is 11.4 Å². The number of anilines is 1. The maximum atomic E-state index is 11.1. The smallest absolute Gasteiger partial charge is 0.287 e. The van der Waals surface area contributed by atoms with Gasteiger partial charge < -0.3 is 9.69 Å². The number of carbonyl (C=O) groups excluding carboxylic acids is 1. The van der Waals surface area contributed by atoms with E-state index in [0.717, 1.165) is 37.7 Å². The number of nitrogens with zero attached hydrogens (tertiary/aromatic N) is 3. The molecule has 0 N–H and O–H groups in total. The molecule has 1 unspecified atom stereocenters. The summed E-state index contributed by atoms with van der Waals surface area (Å²) in [5.41, 5.74) is 0.717. The molecule has 96 valence electrons. The molecule has 1 saturated heterocycles. The minimum atomic E-state index is -0.461. The normalized spacial score (nSPS) is 19.6. The van der Waals surface area contributed by atoms with Crippen LogP contribution < -0.4 is 4.90 Å². The molecule has 2 rings (SSSR count). The lowest BCUT2D eigenvalue weighted by atomic mass is 10.0. The number of piperidine rings is 1. The molecule has 0 saturated carbocycles. The fourth-order valence-electron chi connectivity index (χ4n) is 2.32. The highest BCUT2D eigenvalue weighted by atomic mass is 16.6. The topological polar surface area (TPSA) is 76.3 Å². The molecule has 0 bridgehead atoms. The third kappa shape index (κ3) is 2.32. The maximum absolute atomic E-state index is 11.1. The van der Waals surface area contributed by atoms with Gasteiger partial charge in [0.25, 0.3) is 5.69 Å². The first-order valence-corrected chi connectivity index (χ1v) is 5.96. The van der Waals surface area contributed by atoms with Crippen molar-refractivity contribution >= 4 is 17.8 Å². The van der Waals surface area contributed by atoms with Gasteiger partial charge in [0.1, 0.15) is 18.3 Å². The number of aldehydes is 1. The Balaban J connectivity index is 2.32. The van der Waals surface area contributed by atoms with Crippen LogP contribution in [0.2, 0.25) is 0 Å². The molecule has 0 spiro atoms. The first-order valence-electron chi connectivity index (χ1n) is 5.96. The molecule has 2 heterocycles. The molecule has 1 aromatic heterocycles. The number of aromatic nitrogens is 1. The molecule has 1 atom stereocenters. The lowest BCUT2D eigenvalue weighted by molar-refractivity contribution is -0.385. The molecule has 0 radical (unpaired) electrons. The fraction of sp³-hybridized carbons (Fsp3) is 0.500. The molecule has 18 heavy (non-hydrogen) atoms. The highest BCUT2D eigenvalue weighted by Crippen LogP contribution is 2.27. The van der Waals surface area contributed by atoms with E-state index < -0.39 is 4.92 Å². The molecular formula is C12H15N3O3. The van der Waals surface area contributed by atoms with Crippen LogP contribution in [0.1, 0.15) is 24.8 Å². The molecule has 1 aliphatic heterocycles. The quantitative estimate of drug-likeness (QED) is 0.464. The van der Waals surface area contributed by atoms with Gasteiger partial charge in [-0.2, -0.15) is 0 Å². The minimum Gasteiger partial charge on any atom is -0.347 e. The summed E-state index contributed by atoms with van der Waals surface area (Å²) in [6.45, 7) is 2.56. The van der Waals surface area contributed by atoms with Gasteiger partial charge in [-0.15, -0.1) is 0 Å². The number of carbonyl (C=O) groups is 1. The first kappa shape index (κ1) is 12.5. The fourth-order valence-corrected chi connectivity index (χ4v) is 2.32. The molecule has 6 nitrogen and oxygen atoms in total. The molecule has 1 aromatic rings. The van der Waals surface area contributed by atoms with E-state index in [2.05, 4.69) is 4.98 Å². The molecule has 0 aliphatic carbocycles. The Bertz CT molecular complexity index is 476. The number of hydrogen-bond donors (Lipinski definition) is 0. The number of nitro groups is 1. The van der Waals surface area contributed by atoms with Gasteiger partial charge in [-0.1, -0.05) is 0 Å². The number of hydrogen-bond acceptors (Lipinski definition) is 5. The van der Waals surface area contributed by atoms with E-state index in [0.29, 0.717) is 5.82 Å². The zero-order chi connectivity index (χ0) is 13.1. The van der Waals surface area contributed by atoms with E-state index in [1.807, 2.05) is 4.90 Å². The van der Waals surface area contributed by atoms with E-state index in [1.54, 1.807) is 6.92 Å². The predicted molar refractivity (Wildman–Crippen MR) is 66.7 cm³/mol. The Morgan fingerprint density at radius 3 is 2.94 bits per heavy atom.